The van der Waals surface area contributed by atoms with Gasteiger partial charge in [-0.05, 0) is 55.7 Å². The lowest BCUT2D eigenvalue weighted by Crippen LogP contribution is -2.39. The van der Waals surface area contributed by atoms with Gasteiger partial charge in [-0.25, -0.2) is 12.8 Å². The van der Waals surface area contributed by atoms with Gasteiger partial charge < -0.3 is 9.15 Å². The molecule has 1 fully saturated rings. The summed E-state index contributed by atoms with van der Waals surface area (Å²) in [7, 11) is -2.13. The molecular formula is C21H22FN3O4S. The molecule has 0 unspecified atom stereocenters. The van der Waals surface area contributed by atoms with E-state index in [1.165, 1.54) is 10.4 Å². The standard InChI is InChI=1S/C21H22FN3O4S/c1-14-12-16(9-10-19(14)28-2)30(26,27)25-11-5-6-15(13-25)20-23-24-21(29-20)17-7-3-4-8-18(17)22/h3-4,7-10,12,15H,5-6,11,13H2,1-2H3/t15-/m0/s1. The third-order valence-electron chi connectivity index (χ3n) is 5.28. The van der Waals surface area contributed by atoms with Crippen LogP contribution in [0, 0.1) is 12.7 Å². The summed E-state index contributed by atoms with van der Waals surface area (Å²) < 4.78 is 52.7. The van der Waals surface area contributed by atoms with Crippen molar-refractivity contribution in [2.75, 3.05) is 20.2 Å². The lowest BCUT2D eigenvalue weighted by molar-refractivity contribution is 0.286. The van der Waals surface area contributed by atoms with Crippen molar-refractivity contribution < 1.29 is 22.0 Å². The van der Waals surface area contributed by atoms with E-state index in [1.54, 1.807) is 50.4 Å². The number of hydrogen-bond donors (Lipinski definition) is 0. The van der Waals surface area contributed by atoms with Gasteiger partial charge in [-0.1, -0.05) is 12.1 Å². The van der Waals surface area contributed by atoms with Crippen LogP contribution < -0.4 is 4.74 Å². The van der Waals surface area contributed by atoms with Gasteiger partial charge in [0.25, 0.3) is 5.89 Å². The fourth-order valence-corrected chi connectivity index (χ4v) is 5.28. The molecule has 1 aliphatic heterocycles. The van der Waals surface area contributed by atoms with E-state index >= 15 is 0 Å². The van der Waals surface area contributed by atoms with Crippen LogP contribution in [0.15, 0.2) is 51.8 Å². The summed E-state index contributed by atoms with van der Waals surface area (Å²) in [4.78, 5) is 0.221. The van der Waals surface area contributed by atoms with Gasteiger partial charge in [-0.15, -0.1) is 10.2 Å². The highest BCUT2D eigenvalue weighted by Gasteiger charge is 2.33. The lowest BCUT2D eigenvalue weighted by atomic mass is 10.00. The van der Waals surface area contributed by atoms with Gasteiger partial charge in [0.15, 0.2) is 0 Å². The van der Waals surface area contributed by atoms with Gasteiger partial charge in [-0.3, -0.25) is 0 Å². The first-order chi connectivity index (χ1) is 14.4. The molecule has 2 aromatic carbocycles. The second kappa shape index (κ2) is 8.16. The molecule has 7 nitrogen and oxygen atoms in total. The zero-order valence-electron chi connectivity index (χ0n) is 16.7. The van der Waals surface area contributed by atoms with Gasteiger partial charge in [-0.2, -0.15) is 4.31 Å². The normalized spacial score (nSPS) is 17.8. The Morgan fingerprint density at radius 3 is 2.73 bits per heavy atom. The predicted octanol–water partition coefficient (Wildman–Crippen LogP) is 3.76. The summed E-state index contributed by atoms with van der Waals surface area (Å²) in [6.45, 7) is 2.45. The molecule has 30 heavy (non-hydrogen) atoms. The number of aromatic nitrogens is 2. The van der Waals surface area contributed by atoms with E-state index in [-0.39, 0.29) is 28.8 Å². The Bertz CT molecular complexity index is 1160. The van der Waals surface area contributed by atoms with Crippen LogP contribution in [0.3, 0.4) is 0 Å². The van der Waals surface area contributed by atoms with E-state index < -0.39 is 15.8 Å². The smallest absolute Gasteiger partial charge is 0.250 e. The Labute approximate surface area is 174 Å². The summed E-state index contributed by atoms with van der Waals surface area (Å²) in [5, 5.41) is 8.02. The first kappa shape index (κ1) is 20.5. The van der Waals surface area contributed by atoms with Crippen LogP contribution in [-0.2, 0) is 10.0 Å². The van der Waals surface area contributed by atoms with E-state index in [0.717, 1.165) is 5.56 Å². The van der Waals surface area contributed by atoms with Crippen molar-refractivity contribution in [1.82, 2.24) is 14.5 Å². The molecule has 158 valence electrons. The molecule has 0 bridgehead atoms. The number of ether oxygens (including phenoxy) is 1. The second-order valence-electron chi connectivity index (χ2n) is 7.26. The van der Waals surface area contributed by atoms with Crippen LogP contribution >= 0.6 is 0 Å². The molecule has 4 rings (SSSR count). The number of rotatable bonds is 5. The molecule has 2 heterocycles. The van der Waals surface area contributed by atoms with E-state index in [0.29, 0.717) is 31.0 Å². The van der Waals surface area contributed by atoms with Crippen LogP contribution in [0.5, 0.6) is 5.75 Å². The molecule has 1 aromatic heterocycles. The first-order valence-electron chi connectivity index (χ1n) is 9.63. The van der Waals surface area contributed by atoms with Crippen molar-refractivity contribution in [2.24, 2.45) is 0 Å². The number of piperidine rings is 1. The van der Waals surface area contributed by atoms with Gasteiger partial charge >= 0.3 is 0 Å². The lowest BCUT2D eigenvalue weighted by Gasteiger charge is -2.30. The number of nitrogens with zero attached hydrogens (tertiary/aromatic N) is 3. The molecule has 0 spiro atoms. The number of methoxy groups -OCH3 is 1. The van der Waals surface area contributed by atoms with Crippen molar-refractivity contribution >= 4 is 10.0 Å². The molecule has 3 aromatic rings. The molecule has 0 aliphatic carbocycles. The third-order valence-corrected chi connectivity index (χ3v) is 7.14. The molecule has 1 saturated heterocycles. The van der Waals surface area contributed by atoms with E-state index in [4.69, 9.17) is 9.15 Å². The minimum Gasteiger partial charge on any atom is -0.496 e. The summed E-state index contributed by atoms with van der Waals surface area (Å²) in [5.41, 5.74) is 0.976. The van der Waals surface area contributed by atoms with Crippen LogP contribution in [0.25, 0.3) is 11.5 Å². The zero-order valence-corrected chi connectivity index (χ0v) is 17.5. The average Bonchev–Trinajstić information content (AvgIpc) is 3.24. The average molecular weight is 431 g/mol. The monoisotopic (exact) mass is 431 g/mol. The molecule has 0 N–H and O–H groups in total. The van der Waals surface area contributed by atoms with Gasteiger partial charge in [0.05, 0.1) is 23.5 Å². The Kier molecular flexibility index (Phi) is 5.57. The van der Waals surface area contributed by atoms with Gasteiger partial charge in [0.2, 0.25) is 15.9 Å². The van der Waals surface area contributed by atoms with Crippen molar-refractivity contribution in [3.63, 3.8) is 0 Å². The Hall–Kier alpha value is -2.78. The number of benzene rings is 2. The SMILES string of the molecule is COc1ccc(S(=O)(=O)N2CCC[C@H](c3nnc(-c4ccccc4F)o3)C2)cc1C. The van der Waals surface area contributed by atoms with Crippen LogP contribution in [-0.4, -0.2) is 43.1 Å². The fraction of sp³-hybridized carbons (Fsp3) is 0.333. The second-order valence-corrected chi connectivity index (χ2v) is 9.20. The Morgan fingerprint density at radius 2 is 2.00 bits per heavy atom. The molecule has 0 saturated carbocycles. The van der Waals surface area contributed by atoms with Crippen molar-refractivity contribution in [1.29, 1.82) is 0 Å². The van der Waals surface area contributed by atoms with Crippen LogP contribution in [0.4, 0.5) is 4.39 Å². The summed E-state index contributed by atoms with van der Waals surface area (Å²) in [6.07, 6.45) is 1.38. The molecule has 1 aliphatic rings. The minimum atomic E-state index is -3.67. The van der Waals surface area contributed by atoms with Crippen LogP contribution in [0.1, 0.15) is 30.2 Å². The van der Waals surface area contributed by atoms with Crippen LogP contribution in [0.2, 0.25) is 0 Å². The Morgan fingerprint density at radius 1 is 1.20 bits per heavy atom. The summed E-state index contributed by atoms with van der Waals surface area (Å²) in [6, 6.07) is 11.0. The number of aryl methyl sites for hydroxylation is 1. The maximum absolute atomic E-state index is 14.0. The molecular weight excluding hydrogens is 409 g/mol. The highest BCUT2D eigenvalue weighted by molar-refractivity contribution is 7.89. The fourth-order valence-electron chi connectivity index (χ4n) is 3.67. The molecule has 0 radical (unpaired) electrons. The number of hydrogen-bond acceptors (Lipinski definition) is 6. The molecule has 1 atom stereocenters. The first-order valence-corrected chi connectivity index (χ1v) is 11.1. The zero-order chi connectivity index (χ0) is 21.3. The largest absolute Gasteiger partial charge is 0.496 e. The highest BCUT2D eigenvalue weighted by Crippen LogP contribution is 2.32. The van der Waals surface area contributed by atoms with Gasteiger partial charge in [0, 0.05) is 13.1 Å². The van der Waals surface area contributed by atoms with E-state index in [9.17, 15) is 12.8 Å². The minimum absolute atomic E-state index is 0.0915. The quantitative estimate of drug-likeness (QED) is 0.611. The third kappa shape index (κ3) is 3.82. The highest BCUT2D eigenvalue weighted by atomic mass is 32.2. The van der Waals surface area contributed by atoms with Gasteiger partial charge in [0.1, 0.15) is 11.6 Å². The summed E-state index contributed by atoms with van der Waals surface area (Å²) >= 11 is 0. The number of sulfonamides is 1. The van der Waals surface area contributed by atoms with Crippen molar-refractivity contribution in [3.8, 4) is 17.2 Å². The predicted molar refractivity (Wildman–Crippen MR) is 108 cm³/mol. The van der Waals surface area contributed by atoms with Crippen molar-refractivity contribution in [2.45, 2.75) is 30.6 Å². The molecule has 9 heteroatoms. The van der Waals surface area contributed by atoms with E-state index in [2.05, 4.69) is 10.2 Å². The number of halogens is 1. The topological polar surface area (TPSA) is 85.5 Å². The maximum atomic E-state index is 14.0. The maximum Gasteiger partial charge on any atom is 0.250 e. The van der Waals surface area contributed by atoms with Crippen molar-refractivity contribution in [3.05, 3.63) is 59.7 Å². The summed E-state index contributed by atoms with van der Waals surface area (Å²) in [5.74, 6) is 0.348. The molecule has 0 amide bonds. The Balaban J connectivity index is 1.56. The van der Waals surface area contributed by atoms with E-state index in [1.807, 2.05) is 0 Å².